The number of hydrogen-bond acceptors (Lipinski definition) is 3. The van der Waals surface area contributed by atoms with Crippen molar-refractivity contribution in [3.63, 3.8) is 0 Å². The van der Waals surface area contributed by atoms with Crippen molar-refractivity contribution in [3.8, 4) is 5.75 Å². The number of anilines is 1. The lowest BCUT2D eigenvalue weighted by atomic mass is 10.0. The fraction of sp³-hybridized carbons (Fsp3) is 0.0714. The van der Waals surface area contributed by atoms with Crippen molar-refractivity contribution in [2.45, 2.75) is 6.36 Å². The maximum absolute atomic E-state index is 12.2. The van der Waals surface area contributed by atoms with Crippen molar-refractivity contribution in [1.29, 1.82) is 0 Å². The zero-order valence-corrected chi connectivity index (χ0v) is 11.2. The van der Waals surface area contributed by atoms with E-state index < -0.39 is 17.9 Å². The third-order valence-corrected chi connectivity index (χ3v) is 2.86. The van der Waals surface area contributed by atoms with Crippen LogP contribution in [0.5, 0.6) is 5.75 Å². The molecule has 0 saturated carbocycles. The molecule has 2 aromatic rings. The summed E-state index contributed by atoms with van der Waals surface area (Å²) >= 11 is 5.71. The number of carbonyl (C=O) groups excluding carboxylic acids is 1. The fourth-order valence-corrected chi connectivity index (χ4v) is 1.81. The summed E-state index contributed by atoms with van der Waals surface area (Å²) in [7, 11) is 0. The Labute approximate surface area is 123 Å². The van der Waals surface area contributed by atoms with E-state index in [0.717, 1.165) is 12.1 Å². The molecule has 0 aliphatic rings. The highest BCUT2D eigenvalue weighted by molar-refractivity contribution is 6.30. The molecule has 0 bridgehead atoms. The van der Waals surface area contributed by atoms with Gasteiger partial charge in [0.15, 0.2) is 5.78 Å². The van der Waals surface area contributed by atoms with Crippen molar-refractivity contribution >= 4 is 23.1 Å². The minimum atomic E-state index is -4.84. The number of benzene rings is 2. The zero-order chi connectivity index (χ0) is 15.6. The zero-order valence-electron chi connectivity index (χ0n) is 10.4. The average molecular weight is 316 g/mol. The van der Waals surface area contributed by atoms with Gasteiger partial charge in [-0.15, -0.1) is 13.2 Å². The lowest BCUT2D eigenvalue weighted by molar-refractivity contribution is -0.274. The minimum Gasteiger partial charge on any atom is -0.406 e. The van der Waals surface area contributed by atoms with Crippen molar-refractivity contribution in [1.82, 2.24) is 0 Å². The van der Waals surface area contributed by atoms with Crippen LogP contribution in [0.1, 0.15) is 15.9 Å². The largest absolute Gasteiger partial charge is 0.573 e. The van der Waals surface area contributed by atoms with E-state index >= 15 is 0 Å². The van der Waals surface area contributed by atoms with Crippen LogP contribution in [0.2, 0.25) is 5.02 Å². The molecule has 0 radical (unpaired) electrons. The normalized spacial score (nSPS) is 11.2. The summed E-state index contributed by atoms with van der Waals surface area (Å²) < 4.78 is 40.3. The van der Waals surface area contributed by atoms with Crippen LogP contribution >= 0.6 is 11.6 Å². The van der Waals surface area contributed by atoms with Gasteiger partial charge >= 0.3 is 6.36 Å². The van der Waals surface area contributed by atoms with Crippen LogP contribution in [0.4, 0.5) is 18.9 Å². The number of ether oxygens (including phenoxy) is 1. The van der Waals surface area contributed by atoms with Gasteiger partial charge in [-0.2, -0.15) is 0 Å². The van der Waals surface area contributed by atoms with Gasteiger partial charge in [-0.1, -0.05) is 11.6 Å². The van der Waals surface area contributed by atoms with Gasteiger partial charge in [-0.25, -0.2) is 0 Å². The van der Waals surface area contributed by atoms with Gasteiger partial charge in [0, 0.05) is 21.8 Å². The second kappa shape index (κ2) is 5.65. The van der Waals surface area contributed by atoms with Crippen LogP contribution in [0, 0.1) is 0 Å². The predicted molar refractivity (Wildman–Crippen MR) is 72.4 cm³/mol. The highest BCUT2D eigenvalue weighted by Gasteiger charge is 2.31. The minimum absolute atomic E-state index is 0.0597. The second-order valence-corrected chi connectivity index (χ2v) is 4.57. The molecule has 2 rings (SSSR count). The molecule has 0 aromatic heterocycles. The first-order chi connectivity index (χ1) is 9.76. The van der Waals surface area contributed by atoms with Gasteiger partial charge in [0.05, 0.1) is 0 Å². The third-order valence-electron chi connectivity index (χ3n) is 2.61. The molecule has 0 heterocycles. The van der Waals surface area contributed by atoms with Crippen LogP contribution in [0.25, 0.3) is 0 Å². The van der Waals surface area contributed by atoms with E-state index in [4.69, 9.17) is 17.3 Å². The van der Waals surface area contributed by atoms with Gasteiger partial charge in [-0.3, -0.25) is 4.79 Å². The summed E-state index contributed by atoms with van der Waals surface area (Å²) in [5, 5.41) is 0.439. The molecule has 0 aliphatic heterocycles. The van der Waals surface area contributed by atoms with Crippen molar-refractivity contribution in [2.24, 2.45) is 0 Å². The number of nitrogens with two attached hydrogens (primary N) is 1. The van der Waals surface area contributed by atoms with Crippen LogP contribution in [-0.2, 0) is 0 Å². The summed E-state index contributed by atoms with van der Waals surface area (Å²) in [5.74, 6) is -1.02. The molecule has 7 heteroatoms. The summed E-state index contributed by atoms with van der Waals surface area (Å²) in [6.45, 7) is 0. The summed E-state index contributed by atoms with van der Waals surface area (Å²) in [5.41, 5.74) is 5.89. The van der Waals surface area contributed by atoms with Crippen LogP contribution in [0.3, 0.4) is 0 Å². The lowest BCUT2D eigenvalue weighted by Crippen LogP contribution is -2.17. The topological polar surface area (TPSA) is 52.3 Å². The SMILES string of the molecule is Nc1ccc(OC(F)(F)F)cc1C(=O)c1ccc(Cl)cc1. The standard InChI is InChI=1S/C14H9ClF3NO2/c15-9-3-1-8(2-4-9)13(20)11-7-10(5-6-12(11)19)21-14(16,17)18/h1-7H,19H2. The van der Waals surface area contributed by atoms with Gasteiger partial charge in [-0.05, 0) is 42.5 Å². The van der Waals surface area contributed by atoms with E-state index in [-0.39, 0.29) is 16.8 Å². The molecule has 0 spiro atoms. The smallest absolute Gasteiger partial charge is 0.406 e. The molecule has 3 nitrogen and oxygen atoms in total. The molecular weight excluding hydrogens is 307 g/mol. The van der Waals surface area contributed by atoms with E-state index in [1.54, 1.807) is 0 Å². The Bertz CT molecular complexity index is 669. The van der Waals surface area contributed by atoms with E-state index in [0.29, 0.717) is 5.02 Å². The third kappa shape index (κ3) is 3.88. The molecular formula is C14H9ClF3NO2. The molecule has 21 heavy (non-hydrogen) atoms. The number of nitrogen functional groups attached to an aromatic ring is 1. The Morgan fingerprint density at radius 2 is 1.71 bits per heavy atom. The fourth-order valence-electron chi connectivity index (χ4n) is 1.69. The molecule has 0 aliphatic carbocycles. The number of hydrogen-bond donors (Lipinski definition) is 1. The molecule has 0 saturated heterocycles. The van der Waals surface area contributed by atoms with Crippen molar-refractivity contribution in [2.75, 3.05) is 5.73 Å². The molecule has 0 atom stereocenters. The molecule has 2 aromatic carbocycles. The van der Waals surface area contributed by atoms with Crippen LogP contribution in [0.15, 0.2) is 42.5 Å². The van der Waals surface area contributed by atoms with E-state index in [1.807, 2.05) is 0 Å². The van der Waals surface area contributed by atoms with E-state index in [1.165, 1.54) is 30.3 Å². The maximum Gasteiger partial charge on any atom is 0.573 e. The van der Waals surface area contributed by atoms with Crippen molar-refractivity contribution < 1.29 is 22.7 Å². The lowest BCUT2D eigenvalue weighted by Gasteiger charge is -2.11. The molecule has 0 unspecified atom stereocenters. The highest BCUT2D eigenvalue weighted by Crippen LogP contribution is 2.27. The first-order valence-corrected chi connectivity index (χ1v) is 6.09. The number of rotatable bonds is 3. The Balaban J connectivity index is 2.36. The van der Waals surface area contributed by atoms with E-state index in [2.05, 4.69) is 4.74 Å². The maximum atomic E-state index is 12.2. The van der Waals surface area contributed by atoms with Gasteiger partial charge in [0.1, 0.15) is 5.75 Å². The first-order valence-electron chi connectivity index (χ1n) is 5.72. The number of ketones is 1. The number of alkyl halides is 3. The Morgan fingerprint density at radius 1 is 1.10 bits per heavy atom. The average Bonchev–Trinajstić information content (AvgIpc) is 2.39. The number of carbonyl (C=O) groups is 1. The van der Waals surface area contributed by atoms with Crippen LogP contribution < -0.4 is 10.5 Å². The Kier molecular flexibility index (Phi) is 4.09. The summed E-state index contributed by atoms with van der Waals surface area (Å²) in [4.78, 5) is 12.2. The van der Waals surface area contributed by atoms with Crippen LogP contribution in [-0.4, -0.2) is 12.1 Å². The Hall–Kier alpha value is -2.21. The Morgan fingerprint density at radius 3 is 2.29 bits per heavy atom. The molecule has 2 N–H and O–H groups in total. The number of halogens is 4. The monoisotopic (exact) mass is 315 g/mol. The van der Waals surface area contributed by atoms with Crippen molar-refractivity contribution in [3.05, 3.63) is 58.6 Å². The van der Waals surface area contributed by atoms with Gasteiger partial charge < -0.3 is 10.5 Å². The first kappa shape index (κ1) is 15.2. The highest BCUT2D eigenvalue weighted by atomic mass is 35.5. The van der Waals surface area contributed by atoms with Gasteiger partial charge in [0.25, 0.3) is 0 Å². The van der Waals surface area contributed by atoms with Gasteiger partial charge in [0.2, 0.25) is 0 Å². The molecule has 0 amide bonds. The quantitative estimate of drug-likeness (QED) is 0.686. The van der Waals surface area contributed by atoms with E-state index in [9.17, 15) is 18.0 Å². The molecule has 110 valence electrons. The predicted octanol–water partition coefficient (Wildman–Crippen LogP) is 4.05. The summed E-state index contributed by atoms with van der Waals surface area (Å²) in [6.07, 6.45) is -4.84. The second-order valence-electron chi connectivity index (χ2n) is 4.13. The summed E-state index contributed by atoms with van der Waals surface area (Å²) in [6, 6.07) is 9.11. The molecule has 0 fully saturated rings.